The Morgan fingerprint density at radius 3 is 2.50 bits per heavy atom. The molecule has 0 fully saturated rings. The molecule has 0 heterocycles. The number of carbonyl (C=O) groups is 1. The molecule has 5 nitrogen and oxygen atoms in total. The van der Waals surface area contributed by atoms with Gasteiger partial charge >= 0.3 is 0 Å². The normalized spacial score (nSPS) is 11.8. The fraction of sp³-hybridized carbons (Fsp3) is 0.261. The lowest BCUT2D eigenvalue weighted by molar-refractivity contribution is -0.120. The minimum absolute atomic E-state index is 0.0595. The second-order valence-corrected chi connectivity index (χ2v) is 6.52. The summed E-state index contributed by atoms with van der Waals surface area (Å²) in [4.78, 5) is 12.1. The van der Waals surface area contributed by atoms with Crippen LogP contribution < -0.4 is 20.1 Å². The molecule has 5 heteroatoms. The van der Waals surface area contributed by atoms with Gasteiger partial charge in [-0.05, 0) is 35.4 Å². The van der Waals surface area contributed by atoms with E-state index in [-0.39, 0.29) is 18.5 Å². The molecule has 0 spiro atoms. The van der Waals surface area contributed by atoms with Gasteiger partial charge in [-0.2, -0.15) is 0 Å². The molecule has 0 aliphatic rings. The molecular weight excluding hydrogens is 352 g/mol. The van der Waals surface area contributed by atoms with Crippen LogP contribution in [0.5, 0.6) is 11.5 Å². The first-order chi connectivity index (χ1) is 13.7. The van der Waals surface area contributed by atoms with Gasteiger partial charge in [0, 0.05) is 6.04 Å². The molecule has 0 radical (unpaired) electrons. The van der Waals surface area contributed by atoms with Crippen molar-refractivity contribution in [3.63, 3.8) is 0 Å². The number of hydrogen-bond acceptors (Lipinski definition) is 4. The lowest BCUT2D eigenvalue weighted by Crippen LogP contribution is -2.37. The quantitative estimate of drug-likeness (QED) is 0.558. The van der Waals surface area contributed by atoms with Crippen molar-refractivity contribution >= 4 is 16.7 Å². The molecule has 3 aromatic rings. The fourth-order valence-corrected chi connectivity index (χ4v) is 3.14. The van der Waals surface area contributed by atoms with E-state index >= 15 is 0 Å². The van der Waals surface area contributed by atoms with E-state index in [1.165, 1.54) is 16.3 Å². The monoisotopic (exact) mass is 378 g/mol. The van der Waals surface area contributed by atoms with E-state index in [0.717, 1.165) is 0 Å². The van der Waals surface area contributed by atoms with E-state index in [0.29, 0.717) is 24.7 Å². The predicted octanol–water partition coefficient (Wildman–Crippen LogP) is 3.69. The minimum Gasteiger partial charge on any atom is -0.493 e. The molecular formula is C23H26N2O3. The molecule has 3 rings (SSSR count). The van der Waals surface area contributed by atoms with Gasteiger partial charge in [-0.25, -0.2) is 0 Å². The number of rotatable bonds is 9. The van der Waals surface area contributed by atoms with E-state index < -0.39 is 0 Å². The summed E-state index contributed by atoms with van der Waals surface area (Å²) >= 11 is 0. The zero-order valence-electron chi connectivity index (χ0n) is 16.3. The van der Waals surface area contributed by atoms with E-state index in [1.54, 1.807) is 7.11 Å². The maximum atomic E-state index is 12.1. The summed E-state index contributed by atoms with van der Waals surface area (Å²) in [5.74, 6) is 1.29. The molecule has 3 aromatic carbocycles. The SMILES string of the molecule is COc1ccccc1OCCNC(=O)CN[C@H](C)c1cccc2ccccc12. The number of fused-ring (bicyclic) bond motifs is 1. The van der Waals surface area contributed by atoms with Crippen molar-refractivity contribution in [1.82, 2.24) is 10.6 Å². The number of ether oxygens (including phenoxy) is 2. The van der Waals surface area contributed by atoms with Gasteiger partial charge in [0.05, 0.1) is 20.2 Å². The van der Waals surface area contributed by atoms with Gasteiger partial charge in [-0.3, -0.25) is 4.79 Å². The third-order valence-electron chi connectivity index (χ3n) is 4.61. The first-order valence-electron chi connectivity index (χ1n) is 9.42. The van der Waals surface area contributed by atoms with Crippen LogP contribution in [0.1, 0.15) is 18.5 Å². The summed E-state index contributed by atoms with van der Waals surface area (Å²) in [7, 11) is 1.60. The highest BCUT2D eigenvalue weighted by Gasteiger charge is 2.10. The maximum absolute atomic E-state index is 12.1. The standard InChI is InChI=1S/C23H26N2O3/c1-17(19-11-7-9-18-8-3-4-10-20(18)19)25-16-23(26)24-14-15-28-22-13-6-5-12-21(22)27-2/h3-13,17,25H,14-16H2,1-2H3,(H,24,26)/t17-/m1/s1. The zero-order chi connectivity index (χ0) is 19.8. The molecule has 28 heavy (non-hydrogen) atoms. The van der Waals surface area contributed by atoms with Crippen molar-refractivity contribution in [2.45, 2.75) is 13.0 Å². The largest absolute Gasteiger partial charge is 0.493 e. The lowest BCUT2D eigenvalue weighted by atomic mass is 10.00. The Kier molecular flexibility index (Phi) is 6.87. The van der Waals surface area contributed by atoms with Gasteiger partial charge in [0.2, 0.25) is 5.91 Å². The van der Waals surface area contributed by atoms with Crippen molar-refractivity contribution in [1.29, 1.82) is 0 Å². The summed E-state index contributed by atoms with van der Waals surface area (Å²) in [5.41, 5.74) is 1.19. The van der Waals surface area contributed by atoms with Crippen LogP contribution in [0.25, 0.3) is 10.8 Å². The van der Waals surface area contributed by atoms with Crippen LogP contribution in [0.3, 0.4) is 0 Å². The van der Waals surface area contributed by atoms with Gasteiger partial charge in [0.15, 0.2) is 11.5 Å². The molecule has 0 saturated heterocycles. The second kappa shape index (κ2) is 9.76. The third kappa shape index (κ3) is 5.02. The van der Waals surface area contributed by atoms with Gasteiger partial charge in [0.1, 0.15) is 6.61 Å². The molecule has 2 N–H and O–H groups in total. The van der Waals surface area contributed by atoms with Crippen LogP contribution >= 0.6 is 0 Å². The van der Waals surface area contributed by atoms with Crippen molar-refractivity contribution < 1.29 is 14.3 Å². The summed E-state index contributed by atoms with van der Waals surface area (Å²) in [5, 5.41) is 8.57. The molecule has 0 saturated carbocycles. The zero-order valence-corrected chi connectivity index (χ0v) is 16.3. The highest BCUT2D eigenvalue weighted by atomic mass is 16.5. The van der Waals surface area contributed by atoms with E-state index in [4.69, 9.17) is 9.47 Å². The highest BCUT2D eigenvalue weighted by molar-refractivity contribution is 5.86. The Hall–Kier alpha value is -3.05. The van der Waals surface area contributed by atoms with Crippen LogP contribution in [-0.4, -0.2) is 32.7 Å². The van der Waals surface area contributed by atoms with Crippen molar-refractivity contribution in [2.75, 3.05) is 26.8 Å². The number of para-hydroxylation sites is 2. The maximum Gasteiger partial charge on any atom is 0.234 e. The van der Waals surface area contributed by atoms with E-state index in [1.807, 2.05) is 42.5 Å². The lowest BCUT2D eigenvalue weighted by Gasteiger charge is -2.16. The van der Waals surface area contributed by atoms with E-state index in [9.17, 15) is 4.79 Å². The Morgan fingerprint density at radius 2 is 1.68 bits per heavy atom. The highest BCUT2D eigenvalue weighted by Crippen LogP contribution is 2.25. The average Bonchev–Trinajstić information content (AvgIpc) is 2.75. The molecule has 146 valence electrons. The average molecular weight is 378 g/mol. The van der Waals surface area contributed by atoms with Crippen LogP contribution in [0, 0.1) is 0 Å². The number of hydrogen-bond donors (Lipinski definition) is 2. The van der Waals surface area contributed by atoms with Crippen molar-refractivity contribution in [2.24, 2.45) is 0 Å². The van der Waals surface area contributed by atoms with Crippen LogP contribution in [0.2, 0.25) is 0 Å². The Balaban J connectivity index is 1.44. The topological polar surface area (TPSA) is 59.6 Å². The second-order valence-electron chi connectivity index (χ2n) is 6.52. The van der Waals surface area contributed by atoms with Crippen molar-refractivity contribution in [3.05, 3.63) is 72.3 Å². The molecule has 0 aromatic heterocycles. The van der Waals surface area contributed by atoms with Gasteiger partial charge in [0.25, 0.3) is 0 Å². The van der Waals surface area contributed by atoms with Crippen LogP contribution in [0.4, 0.5) is 0 Å². The first kappa shape index (κ1) is 19.7. The van der Waals surface area contributed by atoms with E-state index in [2.05, 4.69) is 41.8 Å². The first-order valence-corrected chi connectivity index (χ1v) is 9.42. The van der Waals surface area contributed by atoms with Gasteiger partial charge < -0.3 is 20.1 Å². The fourth-order valence-electron chi connectivity index (χ4n) is 3.14. The number of nitrogens with one attached hydrogen (secondary N) is 2. The van der Waals surface area contributed by atoms with Crippen molar-refractivity contribution in [3.8, 4) is 11.5 Å². The number of amides is 1. The van der Waals surface area contributed by atoms with Crippen LogP contribution in [0.15, 0.2) is 66.7 Å². The number of benzene rings is 3. The Morgan fingerprint density at radius 1 is 0.964 bits per heavy atom. The number of methoxy groups -OCH3 is 1. The van der Waals surface area contributed by atoms with Gasteiger partial charge in [-0.15, -0.1) is 0 Å². The summed E-state index contributed by atoms with van der Waals surface area (Å²) in [6.45, 7) is 3.13. The van der Waals surface area contributed by atoms with Gasteiger partial charge in [-0.1, -0.05) is 54.6 Å². The minimum atomic E-state index is -0.0595. The molecule has 0 unspecified atom stereocenters. The summed E-state index contributed by atoms with van der Waals surface area (Å²) in [6.07, 6.45) is 0. The molecule has 1 amide bonds. The molecule has 0 aliphatic carbocycles. The smallest absolute Gasteiger partial charge is 0.234 e. The summed E-state index contributed by atoms with van der Waals surface area (Å²) in [6, 6.07) is 22.0. The molecule has 1 atom stereocenters. The molecule has 0 bridgehead atoms. The predicted molar refractivity (Wildman–Crippen MR) is 112 cm³/mol. The Labute approximate surface area is 165 Å². The Bertz CT molecular complexity index is 921. The summed E-state index contributed by atoms with van der Waals surface area (Å²) < 4.78 is 10.9. The van der Waals surface area contributed by atoms with Crippen LogP contribution in [-0.2, 0) is 4.79 Å². The number of carbonyl (C=O) groups excluding carboxylic acids is 1. The molecule has 0 aliphatic heterocycles. The third-order valence-corrected chi connectivity index (χ3v) is 4.61.